The molecule has 1 aromatic heterocycles. The van der Waals surface area contributed by atoms with Crippen molar-refractivity contribution in [2.75, 3.05) is 13.2 Å². The number of rotatable bonds is 8. The van der Waals surface area contributed by atoms with Crippen molar-refractivity contribution < 1.29 is 14.3 Å². The highest BCUT2D eigenvalue weighted by Crippen LogP contribution is 2.34. The number of aryl methyl sites for hydroxylation is 2. The monoisotopic (exact) mass is 550 g/mol. The van der Waals surface area contributed by atoms with Gasteiger partial charge in [0.05, 0.1) is 11.4 Å². The second-order valence-corrected chi connectivity index (χ2v) is 11.4. The van der Waals surface area contributed by atoms with Gasteiger partial charge in [-0.15, -0.1) is 0 Å². The zero-order valence-electron chi connectivity index (χ0n) is 23.6. The van der Waals surface area contributed by atoms with Crippen molar-refractivity contribution in [3.05, 3.63) is 112 Å². The summed E-state index contributed by atoms with van der Waals surface area (Å²) < 4.78 is 8.21. The zero-order valence-corrected chi connectivity index (χ0v) is 24.4. The molecule has 5 nitrogen and oxygen atoms in total. The Labute approximate surface area is 240 Å². The van der Waals surface area contributed by atoms with Crippen LogP contribution in [0.1, 0.15) is 47.8 Å². The third-order valence-electron chi connectivity index (χ3n) is 7.23. The van der Waals surface area contributed by atoms with E-state index in [4.69, 9.17) is 4.74 Å². The van der Waals surface area contributed by atoms with Crippen molar-refractivity contribution in [2.45, 2.75) is 40.5 Å². The smallest absolute Gasteiger partial charge is 0.293 e. The van der Waals surface area contributed by atoms with Crippen LogP contribution in [-0.4, -0.2) is 33.8 Å². The lowest BCUT2D eigenvalue weighted by Gasteiger charge is -2.17. The molecule has 40 heavy (non-hydrogen) atoms. The number of ether oxygens (including phenoxy) is 1. The first-order valence-electron chi connectivity index (χ1n) is 13.6. The Hall–Kier alpha value is -4.03. The van der Waals surface area contributed by atoms with Crippen LogP contribution in [0, 0.1) is 20.8 Å². The van der Waals surface area contributed by atoms with Gasteiger partial charge in [-0.05, 0) is 96.6 Å². The Bertz CT molecular complexity index is 1580. The molecule has 0 N–H and O–H groups in total. The molecule has 0 unspecified atom stereocenters. The molecule has 1 aliphatic rings. The molecular formula is C34H34N2O3S. The number of hydrogen-bond acceptors (Lipinski definition) is 4. The molecule has 0 radical (unpaired) electrons. The van der Waals surface area contributed by atoms with Crippen molar-refractivity contribution in [3.8, 4) is 22.6 Å². The predicted octanol–water partition coefficient (Wildman–Crippen LogP) is 8.31. The fourth-order valence-electron chi connectivity index (χ4n) is 5.09. The first-order valence-corrected chi connectivity index (χ1v) is 14.4. The summed E-state index contributed by atoms with van der Waals surface area (Å²) in [6.07, 6.45) is 1.83. The zero-order chi connectivity index (χ0) is 28.4. The summed E-state index contributed by atoms with van der Waals surface area (Å²) in [5.41, 5.74) is 8.61. The fourth-order valence-corrected chi connectivity index (χ4v) is 5.94. The molecule has 6 heteroatoms. The molecule has 204 valence electrons. The number of aromatic nitrogens is 1. The SMILES string of the molecule is Cc1ccc(C(C)C)c(OCCN2C(=O)S/C(=C\c3cc(C)n(-c4ccc(-c5ccccc5)cc4)c3C)C2=O)c1. The standard InChI is InChI=1S/C34H34N2O3S/c1-22(2)30-16-11-23(3)19-31(30)39-18-17-35-33(37)32(40-34(35)38)21-28-20-24(4)36(25(28)5)29-14-12-27(13-15-29)26-9-7-6-8-10-26/h6-16,19-22H,17-18H2,1-5H3/b32-21-. The molecule has 2 heterocycles. The second kappa shape index (κ2) is 11.6. The Morgan fingerprint density at radius 1 is 0.875 bits per heavy atom. The number of hydrogen-bond donors (Lipinski definition) is 0. The van der Waals surface area contributed by atoms with Gasteiger partial charge in [0.15, 0.2) is 0 Å². The van der Waals surface area contributed by atoms with Crippen LogP contribution in [0.5, 0.6) is 5.75 Å². The second-order valence-electron chi connectivity index (χ2n) is 10.5. The number of imide groups is 1. The lowest BCUT2D eigenvalue weighted by atomic mass is 10.0. The van der Waals surface area contributed by atoms with Crippen LogP contribution in [0.15, 0.2) is 83.8 Å². The molecule has 4 aromatic rings. The highest BCUT2D eigenvalue weighted by molar-refractivity contribution is 8.18. The van der Waals surface area contributed by atoms with Gasteiger partial charge in [0, 0.05) is 17.1 Å². The molecule has 2 amide bonds. The molecule has 0 atom stereocenters. The quantitative estimate of drug-likeness (QED) is 0.207. The average Bonchev–Trinajstić information content (AvgIpc) is 3.37. The maximum absolute atomic E-state index is 13.2. The number of nitrogens with zero attached hydrogens (tertiary/aromatic N) is 2. The summed E-state index contributed by atoms with van der Waals surface area (Å²) in [6.45, 7) is 10.8. The summed E-state index contributed by atoms with van der Waals surface area (Å²) in [5, 5.41) is -0.265. The molecule has 0 saturated carbocycles. The molecule has 5 rings (SSSR count). The van der Waals surface area contributed by atoms with Crippen molar-refractivity contribution in [1.82, 2.24) is 9.47 Å². The van der Waals surface area contributed by atoms with E-state index >= 15 is 0 Å². The van der Waals surface area contributed by atoms with E-state index in [1.807, 2.05) is 44.2 Å². The van der Waals surface area contributed by atoms with Gasteiger partial charge in [-0.1, -0.05) is 68.4 Å². The van der Waals surface area contributed by atoms with Gasteiger partial charge in [0.1, 0.15) is 12.4 Å². The summed E-state index contributed by atoms with van der Waals surface area (Å²) >= 11 is 0.986. The highest BCUT2D eigenvalue weighted by atomic mass is 32.2. The number of amides is 2. The van der Waals surface area contributed by atoms with Gasteiger partial charge in [-0.25, -0.2) is 0 Å². The van der Waals surface area contributed by atoms with E-state index in [0.29, 0.717) is 10.8 Å². The van der Waals surface area contributed by atoms with E-state index in [-0.39, 0.29) is 24.3 Å². The molecule has 3 aromatic carbocycles. The van der Waals surface area contributed by atoms with Crippen LogP contribution in [0.25, 0.3) is 22.9 Å². The maximum Gasteiger partial charge on any atom is 0.293 e. The molecule has 1 aliphatic heterocycles. The first kappa shape index (κ1) is 27.5. The van der Waals surface area contributed by atoms with Crippen LogP contribution in [0.3, 0.4) is 0 Å². The van der Waals surface area contributed by atoms with Crippen LogP contribution in [0.2, 0.25) is 0 Å². The molecule has 0 aliphatic carbocycles. The minimum atomic E-state index is -0.274. The lowest BCUT2D eigenvalue weighted by molar-refractivity contribution is -0.123. The maximum atomic E-state index is 13.2. The van der Waals surface area contributed by atoms with E-state index in [2.05, 4.69) is 79.9 Å². The summed E-state index contributed by atoms with van der Waals surface area (Å²) in [4.78, 5) is 27.7. The van der Waals surface area contributed by atoms with Gasteiger partial charge in [0.25, 0.3) is 11.1 Å². The summed E-state index contributed by atoms with van der Waals surface area (Å²) in [7, 11) is 0. The van der Waals surface area contributed by atoms with Crippen LogP contribution < -0.4 is 4.74 Å². The van der Waals surface area contributed by atoms with E-state index in [1.165, 1.54) is 10.5 Å². The molecule has 0 spiro atoms. The van der Waals surface area contributed by atoms with Crippen molar-refractivity contribution in [3.63, 3.8) is 0 Å². The summed E-state index contributed by atoms with van der Waals surface area (Å²) in [5.74, 6) is 0.849. The van der Waals surface area contributed by atoms with Crippen molar-refractivity contribution in [1.29, 1.82) is 0 Å². The fraction of sp³-hybridized carbons (Fsp3) is 0.235. The van der Waals surface area contributed by atoms with Gasteiger partial charge in [-0.2, -0.15) is 0 Å². The Morgan fingerprint density at radius 2 is 1.57 bits per heavy atom. The minimum Gasteiger partial charge on any atom is -0.491 e. The highest BCUT2D eigenvalue weighted by Gasteiger charge is 2.35. The van der Waals surface area contributed by atoms with E-state index in [0.717, 1.165) is 56.8 Å². The third-order valence-corrected chi connectivity index (χ3v) is 8.13. The number of thioether (sulfide) groups is 1. The molecule has 0 bridgehead atoms. The van der Waals surface area contributed by atoms with Crippen LogP contribution >= 0.6 is 11.8 Å². The number of carbonyl (C=O) groups excluding carboxylic acids is 2. The first-order chi connectivity index (χ1) is 19.2. The van der Waals surface area contributed by atoms with Crippen LogP contribution in [0.4, 0.5) is 4.79 Å². The molecule has 1 saturated heterocycles. The normalized spacial score (nSPS) is 14.6. The molecule has 1 fully saturated rings. The summed E-state index contributed by atoms with van der Waals surface area (Å²) in [6, 6.07) is 27.0. The third kappa shape index (κ3) is 5.63. The molecular weight excluding hydrogens is 516 g/mol. The van der Waals surface area contributed by atoms with Crippen LogP contribution in [-0.2, 0) is 4.79 Å². The predicted molar refractivity (Wildman–Crippen MR) is 164 cm³/mol. The van der Waals surface area contributed by atoms with Gasteiger partial charge in [0.2, 0.25) is 0 Å². The average molecular weight is 551 g/mol. The number of benzene rings is 3. The topological polar surface area (TPSA) is 51.5 Å². The lowest BCUT2D eigenvalue weighted by Crippen LogP contribution is -2.32. The minimum absolute atomic E-state index is 0.209. The van der Waals surface area contributed by atoms with Gasteiger partial charge >= 0.3 is 0 Å². The Morgan fingerprint density at radius 3 is 2.27 bits per heavy atom. The number of carbonyl (C=O) groups is 2. The Balaban J connectivity index is 1.30. The van der Waals surface area contributed by atoms with E-state index < -0.39 is 0 Å². The Kier molecular flexibility index (Phi) is 7.99. The van der Waals surface area contributed by atoms with E-state index in [9.17, 15) is 9.59 Å². The van der Waals surface area contributed by atoms with Crippen molar-refractivity contribution in [2.24, 2.45) is 0 Å². The van der Waals surface area contributed by atoms with Gasteiger partial charge in [-0.3, -0.25) is 14.5 Å². The van der Waals surface area contributed by atoms with Gasteiger partial charge < -0.3 is 9.30 Å². The van der Waals surface area contributed by atoms with E-state index in [1.54, 1.807) is 0 Å². The van der Waals surface area contributed by atoms with Crippen molar-refractivity contribution >= 4 is 29.0 Å². The largest absolute Gasteiger partial charge is 0.491 e.